The van der Waals surface area contributed by atoms with Crippen LogP contribution < -0.4 is 16.4 Å². The minimum absolute atomic E-state index is 0. The second-order valence-electron chi connectivity index (χ2n) is 10.6. The number of fused-ring (bicyclic) bond motifs is 2. The van der Waals surface area contributed by atoms with Gasteiger partial charge in [-0.1, -0.05) is 13.8 Å². The molecule has 3 aliphatic rings. The molecular weight excluding hydrogens is 483 g/mol. The topological polar surface area (TPSA) is 102 Å². The first-order valence-corrected chi connectivity index (χ1v) is 11.6. The number of amides is 1. The van der Waals surface area contributed by atoms with E-state index < -0.39 is 29.0 Å². The van der Waals surface area contributed by atoms with Crippen LogP contribution in [0, 0.1) is 17.3 Å². The van der Waals surface area contributed by atoms with Gasteiger partial charge in [0.05, 0.1) is 22.5 Å². The lowest BCUT2D eigenvalue weighted by Crippen LogP contribution is -2.29. The summed E-state index contributed by atoms with van der Waals surface area (Å²) in [5.41, 5.74) is 4.93. The molecule has 1 aromatic heterocycles. The van der Waals surface area contributed by atoms with Gasteiger partial charge in [0, 0.05) is 18.2 Å². The van der Waals surface area contributed by atoms with Crippen molar-refractivity contribution in [2.45, 2.75) is 51.7 Å². The Morgan fingerprint density at radius 3 is 2.46 bits per heavy atom. The SMILES string of the molecule is CC1(C)CC(=O)c2c(C(F)(F)F)nn(-c3ccc(C(N)=O)c(NC4CC5CNCC5C4)c3)c2C1.Cl. The number of nitrogens with two attached hydrogens (primary N) is 1. The molecule has 2 unspecified atom stereocenters. The zero-order valence-electron chi connectivity index (χ0n) is 19.5. The van der Waals surface area contributed by atoms with Crippen molar-refractivity contribution in [2.75, 3.05) is 18.4 Å². The van der Waals surface area contributed by atoms with Gasteiger partial charge in [0.15, 0.2) is 11.5 Å². The van der Waals surface area contributed by atoms with Crippen molar-refractivity contribution in [3.8, 4) is 5.69 Å². The minimum Gasteiger partial charge on any atom is -0.382 e. The first kappa shape index (κ1) is 25.5. The van der Waals surface area contributed by atoms with Gasteiger partial charge in [0.1, 0.15) is 0 Å². The lowest BCUT2D eigenvalue weighted by Gasteiger charge is -2.29. The van der Waals surface area contributed by atoms with Gasteiger partial charge in [0.2, 0.25) is 0 Å². The Bertz CT molecular complexity index is 1160. The van der Waals surface area contributed by atoms with Crippen LogP contribution in [0.1, 0.15) is 65.2 Å². The number of anilines is 1. The Hall–Kier alpha value is -2.59. The molecule has 2 heterocycles. The van der Waals surface area contributed by atoms with Crippen molar-refractivity contribution in [3.05, 3.63) is 40.7 Å². The van der Waals surface area contributed by atoms with Crippen molar-refractivity contribution in [3.63, 3.8) is 0 Å². The van der Waals surface area contributed by atoms with Gasteiger partial charge in [-0.3, -0.25) is 9.59 Å². The highest BCUT2D eigenvalue weighted by Crippen LogP contribution is 2.42. The number of carbonyl (C=O) groups is 2. The van der Waals surface area contributed by atoms with E-state index in [-0.39, 0.29) is 48.1 Å². The summed E-state index contributed by atoms with van der Waals surface area (Å²) in [6.45, 7) is 5.64. The molecule has 1 amide bonds. The third kappa shape index (κ3) is 4.65. The molecule has 35 heavy (non-hydrogen) atoms. The van der Waals surface area contributed by atoms with E-state index in [1.54, 1.807) is 6.07 Å². The molecule has 2 aromatic rings. The van der Waals surface area contributed by atoms with Crippen molar-refractivity contribution in [1.29, 1.82) is 0 Å². The largest absolute Gasteiger partial charge is 0.435 e. The highest BCUT2D eigenvalue weighted by molar-refractivity contribution is 6.00. The van der Waals surface area contributed by atoms with Crippen molar-refractivity contribution < 1.29 is 22.8 Å². The molecule has 1 saturated carbocycles. The van der Waals surface area contributed by atoms with E-state index in [1.165, 1.54) is 16.8 Å². The molecule has 5 rings (SSSR count). The van der Waals surface area contributed by atoms with Crippen LogP contribution in [0.25, 0.3) is 5.69 Å². The quantitative estimate of drug-likeness (QED) is 0.576. The number of nitrogens with one attached hydrogen (secondary N) is 2. The van der Waals surface area contributed by atoms with Gasteiger partial charge in [-0.2, -0.15) is 18.3 Å². The number of hydrogen-bond acceptors (Lipinski definition) is 5. The predicted octanol–water partition coefficient (Wildman–Crippen LogP) is 3.98. The number of hydrogen-bond donors (Lipinski definition) is 3. The Morgan fingerprint density at radius 2 is 1.86 bits per heavy atom. The molecule has 2 fully saturated rings. The number of benzene rings is 1. The zero-order valence-corrected chi connectivity index (χ0v) is 20.4. The molecule has 2 atom stereocenters. The van der Waals surface area contributed by atoms with E-state index in [0.717, 1.165) is 25.9 Å². The second kappa shape index (κ2) is 8.81. The number of ketones is 1. The first-order valence-electron chi connectivity index (χ1n) is 11.6. The minimum atomic E-state index is -4.75. The van der Waals surface area contributed by atoms with E-state index in [9.17, 15) is 22.8 Å². The lowest BCUT2D eigenvalue weighted by molar-refractivity contribution is -0.141. The Kier molecular flexibility index (Phi) is 6.42. The third-order valence-electron chi connectivity index (χ3n) is 7.34. The van der Waals surface area contributed by atoms with Crippen LogP contribution in [0.15, 0.2) is 18.2 Å². The summed E-state index contributed by atoms with van der Waals surface area (Å²) in [6.07, 6.45) is -2.57. The van der Waals surface area contributed by atoms with Gasteiger partial charge < -0.3 is 16.4 Å². The predicted molar refractivity (Wildman–Crippen MR) is 127 cm³/mol. The molecule has 1 saturated heterocycles. The fourth-order valence-electron chi connectivity index (χ4n) is 5.86. The number of aromatic nitrogens is 2. The van der Waals surface area contributed by atoms with Crippen LogP contribution in [-0.4, -0.2) is 40.6 Å². The monoisotopic (exact) mass is 511 g/mol. The molecule has 190 valence electrons. The number of Topliss-reactive ketones (excluding diaryl/α,β-unsaturated/α-hetero) is 1. The van der Waals surface area contributed by atoms with Crippen molar-refractivity contribution >= 4 is 29.8 Å². The average Bonchev–Trinajstić information content (AvgIpc) is 3.39. The van der Waals surface area contributed by atoms with Gasteiger partial charge in [-0.15, -0.1) is 12.4 Å². The number of nitrogens with zero attached hydrogens (tertiary/aromatic N) is 2. The van der Waals surface area contributed by atoms with E-state index in [4.69, 9.17) is 5.73 Å². The molecule has 4 N–H and O–H groups in total. The highest BCUT2D eigenvalue weighted by Gasteiger charge is 2.45. The Morgan fingerprint density at radius 1 is 1.20 bits per heavy atom. The van der Waals surface area contributed by atoms with E-state index in [2.05, 4.69) is 15.7 Å². The third-order valence-corrected chi connectivity index (χ3v) is 7.34. The second-order valence-corrected chi connectivity index (χ2v) is 10.6. The van der Waals surface area contributed by atoms with Crippen molar-refractivity contribution in [2.24, 2.45) is 23.0 Å². The summed E-state index contributed by atoms with van der Waals surface area (Å²) < 4.78 is 42.6. The molecule has 1 aliphatic heterocycles. The number of halogens is 4. The number of carbonyl (C=O) groups excluding carboxylic acids is 2. The number of primary amides is 1. The molecule has 0 bridgehead atoms. The van der Waals surface area contributed by atoms with Crippen molar-refractivity contribution in [1.82, 2.24) is 15.1 Å². The summed E-state index contributed by atoms with van der Waals surface area (Å²) in [5.74, 6) is -0.0383. The summed E-state index contributed by atoms with van der Waals surface area (Å²) in [4.78, 5) is 24.8. The summed E-state index contributed by atoms with van der Waals surface area (Å²) >= 11 is 0. The van der Waals surface area contributed by atoms with E-state index >= 15 is 0 Å². The van der Waals surface area contributed by atoms with Crippen LogP contribution in [0.3, 0.4) is 0 Å². The zero-order chi connectivity index (χ0) is 24.4. The Balaban J connectivity index is 0.00000289. The van der Waals surface area contributed by atoms with Crippen LogP contribution in [0.2, 0.25) is 0 Å². The first-order chi connectivity index (χ1) is 15.9. The normalized spacial score (nSPS) is 25.1. The van der Waals surface area contributed by atoms with Gasteiger partial charge in [-0.25, -0.2) is 4.68 Å². The molecular formula is C24H29ClF3N5O2. The molecule has 7 nitrogen and oxygen atoms in total. The molecule has 11 heteroatoms. The summed E-state index contributed by atoms with van der Waals surface area (Å²) in [7, 11) is 0. The molecule has 1 aromatic carbocycles. The smallest absolute Gasteiger partial charge is 0.382 e. The number of rotatable bonds is 4. The maximum atomic E-state index is 13.8. The maximum Gasteiger partial charge on any atom is 0.435 e. The van der Waals surface area contributed by atoms with Gasteiger partial charge >= 0.3 is 6.18 Å². The summed E-state index contributed by atoms with van der Waals surface area (Å²) in [6, 6.07) is 4.79. The van der Waals surface area contributed by atoms with Gasteiger partial charge in [-0.05, 0) is 67.8 Å². The lowest BCUT2D eigenvalue weighted by atomic mass is 9.75. The van der Waals surface area contributed by atoms with Crippen LogP contribution >= 0.6 is 12.4 Å². The van der Waals surface area contributed by atoms with Crippen LogP contribution in [0.4, 0.5) is 18.9 Å². The number of alkyl halides is 3. The maximum absolute atomic E-state index is 13.8. The standard InChI is InChI=1S/C24H28F3N5O2.ClH/c1-23(2)8-18-20(19(33)9-23)21(24(25,26)27)31-32(18)15-3-4-16(22(28)34)17(7-15)30-14-5-12-10-29-11-13(12)6-14;/h3-4,7,12-14,29-30H,5-6,8-11H2,1-2H3,(H2,28,34);1H. The van der Waals surface area contributed by atoms with E-state index in [0.29, 0.717) is 23.2 Å². The molecule has 0 radical (unpaired) electrons. The van der Waals surface area contributed by atoms with Gasteiger partial charge in [0.25, 0.3) is 5.91 Å². The van der Waals surface area contributed by atoms with Crippen LogP contribution in [0.5, 0.6) is 0 Å². The fourth-order valence-corrected chi connectivity index (χ4v) is 5.86. The average molecular weight is 512 g/mol. The summed E-state index contributed by atoms with van der Waals surface area (Å²) in [5, 5.41) is 10.7. The Labute approximate surface area is 207 Å². The molecule has 2 aliphatic carbocycles. The highest BCUT2D eigenvalue weighted by atomic mass is 35.5. The van der Waals surface area contributed by atoms with Crippen LogP contribution in [-0.2, 0) is 12.6 Å². The fraction of sp³-hybridized carbons (Fsp3) is 0.542. The molecule has 0 spiro atoms. The van der Waals surface area contributed by atoms with E-state index in [1.807, 2.05) is 13.8 Å².